The van der Waals surface area contributed by atoms with Crippen molar-refractivity contribution in [1.29, 1.82) is 0 Å². The average molecular weight is 306 g/mol. The van der Waals surface area contributed by atoms with Crippen LogP contribution in [0.3, 0.4) is 0 Å². The van der Waals surface area contributed by atoms with Crippen molar-refractivity contribution in [3.8, 4) is 0 Å². The van der Waals surface area contributed by atoms with Gasteiger partial charge in [-0.05, 0) is 37.0 Å². The second-order valence-corrected chi connectivity index (χ2v) is 5.48. The normalized spacial score (nSPS) is 10.6. The lowest BCUT2D eigenvalue weighted by molar-refractivity contribution is -0.121. The minimum atomic E-state index is 0.0751. The van der Waals surface area contributed by atoms with Crippen LogP contribution in [-0.2, 0) is 17.6 Å². The van der Waals surface area contributed by atoms with E-state index in [9.17, 15) is 4.79 Å². The summed E-state index contributed by atoms with van der Waals surface area (Å²) in [5, 5.41) is 3.68. The van der Waals surface area contributed by atoms with Crippen molar-refractivity contribution >= 4 is 17.5 Å². The Morgan fingerprint density at radius 2 is 2.24 bits per heavy atom. The number of nitrogens with zero attached hydrogens (tertiary/aromatic N) is 1. The highest BCUT2D eigenvalue weighted by Gasteiger charge is 2.04. The molecule has 0 unspecified atom stereocenters. The average Bonchev–Trinajstić information content (AvgIpc) is 2.98. The highest BCUT2D eigenvalue weighted by Crippen LogP contribution is 2.17. The van der Waals surface area contributed by atoms with Gasteiger partial charge in [0.25, 0.3) is 0 Å². The Kier molecular flexibility index (Phi) is 5.81. The summed E-state index contributed by atoms with van der Waals surface area (Å²) in [7, 11) is 0. The van der Waals surface area contributed by atoms with Crippen LogP contribution in [0.2, 0.25) is 5.02 Å². The molecule has 0 aliphatic carbocycles. The summed E-state index contributed by atoms with van der Waals surface area (Å²) in [5.41, 5.74) is 2.15. The third-order valence-electron chi connectivity index (χ3n) is 3.34. The van der Waals surface area contributed by atoms with Crippen molar-refractivity contribution < 1.29 is 4.79 Å². The molecule has 4 nitrogen and oxygen atoms in total. The monoisotopic (exact) mass is 305 g/mol. The first-order chi connectivity index (χ1) is 10.1. The second kappa shape index (κ2) is 7.84. The van der Waals surface area contributed by atoms with Gasteiger partial charge in [0.2, 0.25) is 5.91 Å². The maximum atomic E-state index is 11.8. The molecule has 2 N–H and O–H groups in total. The largest absolute Gasteiger partial charge is 0.356 e. The summed E-state index contributed by atoms with van der Waals surface area (Å²) >= 11 is 6.07. The molecule has 2 aromatic rings. The molecule has 0 aliphatic rings. The van der Waals surface area contributed by atoms with E-state index in [2.05, 4.69) is 15.3 Å². The van der Waals surface area contributed by atoms with E-state index >= 15 is 0 Å². The third kappa shape index (κ3) is 5.23. The number of H-pyrrole nitrogens is 1. The van der Waals surface area contributed by atoms with Crippen molar-refractivity contribution in [2.24, 2.45) is 0 Å². The zero-order valence-electron chi connectivity index (χ0n) is 12.2. The Balaban J connectivity index is 1.64. The number of carbonyl (C=O) groups excluding carboxylic acids is 1. The predicted octanol–water partition coefficient (Wildman–Crippen LogP) is 3.05. The molecule has 1 aromatic heterocycles. The molecule has 0 bridgehead atoms. The van der Waals surface area contributed by atoms with Gasteiger partial charge in [-0.2, -0.15) is 0 Å². The van der Waals surface area contributed by atoms with Crippen molar-refractivity contribution in [1.82, 2.24) is 15.3 Å². The molecule has 0 saturated heterocycles. The molecule has 21 heavy (non-hydrogen) atoms. The van der Waals surface area contributed by atoms with Gasteiger partial charge in [0, 0.05) is 36.8 Å². The van der Waals surface area contributed by atoms with Crippen molar-refractivity contribution in [2.45, 2.75) is 32.6 Å². The van der Waals surface area contributed by atoms with Crippen molar-refractivity contribution in [3.63, 3.8) is 0 Å². The van der Waals surface area contributed by atoms with Crippen LogP contribution in [0.4, 0.5) is 0 Å². The van der Waals surface area contributed by atoms with Crippen LogP contribution < -0.4 is 5.32 Å². The summed E-state index contributed by atoms with van der Waals surface area (Å²) in [6.45, 7) is 2.64. The van der Waals surface area contributed by atoms with Gasteiger partial charge in [-0.15, -0.1) is 0 Å². The fraction of sp³-hybridized carbons (Fsp3) is 0.375. The number of carbonyl (C=O) groups is 1. The Bertz CT molecular complexity index is 581. The summed E-state index contributed by atoms with van der Waals surface area (Å²) in [5.74, 6) is 1.03. The fourth-order valence-electron chi connectivity index (χ4n) is 2.06. The maximum Gasteiger partial charge on any atom is 0.220 e. The molecular formula is C16H20ClN3O. The first kappa shape index (κ1) is 15.6. The summed E-state index contributed by atoms with van der Waals surface area (Å²) in [6.07, 6.45) is 6.47. The van der Waals surface area contributed by atoms with Crippen LogP contribution >= 0.6 is 11.6 Å². The van der Waals surface area contributed by atoms with E-state index < -0.39 is 0 Å². The number of nitrogens with one attached hydrogen (secondary N) is 2. The quantitative estimate of drug-likeness (QED) is 0.772. The molecule has 1 amide bonds. The lowest BCUT2D eigenvalue weighted by atomic mass is 10.1. The van der Waals surface area contributed by atoms with Gasteiger partial charge in [0.15, 0.2) is 0 Å². The Hall–Kier alpha value is -1.81. The van der Waals surface area contributed by atoms with Gasteiger partial charge in [-0.1, -0.05) is 23.7 Å². The van der Waals surface area contributed by atoms with Gasteiger partial charge in [-0.25, -0.2) is 4.98 Å². The van der Waals surface area contributed by atoms with Crippen molar-refractivity contribution in [3.05, 3.63) is 52.6 Å². The lowest BCUT2D eigenvalue weighted by Gasteiger charge is -2.06. The Morgan fingerprint density at radius 1 is 1.38 bits per heavy atom. The molecule has 1 aromatic carbocycles. The summed E-state index contributed by atoms with van der Waals surface area (Å²) in [6, 6.07) is 5.94. The number of hydrogen-bond acceptors (Lipinski definition) is 2. The van der Waals surface area contributed by atoms with Gasteiger partial charge in [0.05, 0.1) is 0 Å². The predicted molar refractivity (Wildman–Crippen MR) is 84.4 cm³/mol. The second-order valence-electron chi connectivity index (χ2n) is 5.07. The minimum Gasteiger partial charge on any atom is -0.356 e. The van der Waals surface area contributed by atoms with Crippen molar-refractivity contribution in [2.75, 3.05) is 6.54 Å². The molecule has 0 fully saturated rings. The van der Waals surface area contributed by atoms with E-state index in [-0.39, 0.29) is 5.91 Å². The van der Waals surface area contributed by atoms with Gasteiger partial charge in [-0.3, -0.25) is 4.79 Å². The maximum absolute atomic E-state index is 11.8. The highest BCUT2D eigenvalue weighted by molar-refractivity contribution is 6.31. The fourth-order valence-corrected chi connectivity index (χ4v) is 2.26. The number of imidazole rings is 1. The van der Waals surface area contributed by atoms with E-state index in [1.807, 2.05) is 25.1 Å². The molecule has 0 saturated carbocycles. The number of halogens is 1. The number of hydrogen-bond donors (Lipinski definition) is 2. The number of rotatable bonds is 7. The summed E-state index contributed by atoms with van der Waals surface area (Å²) < 4.78 is 0. The lowest BCUT2D eigenvalue weighted by Crippen LogP contribution is -2.25. The van der Waals surface area contributed by atoms with Crippen LogP contribution in [0, 0.1) is 6.92 Å². The van der Waals surface area contributed by atoms with E-state index in [1.165, 1.54) is 0 Å². The van der Waals surface area contributed by atoms with Gasteiger partial charge < -0.3 is 10.3 Å². The number of aromatic amines is 1. The molecular weight excluding hydrogens is 286 g/mol. The topological polar surface area (TPSA) is 57.8 Å². The molecule has 0 spiro atoms. The number of amides is 1. The highest BCUT2D eigenvalue weighted by atomic mass is 35.5. The molecule has 0 aliphatic heterocycles. The molecule has 5 heteroatoms. The Labute approximate surface area is 129 Å². The van der Waals surface area contributed by atoms with Crippen LogP contribution in [0.15, 0.2) is 30.6 Å². The van der Waals surface area contributed by atoms with E-state index in [4.69, 9.17) is 11.6 Å². The summed E-state index contributed by atoms with van der Waals surface area (Å²) in [4.78, 5) is 19.0. The SMILES string of the molecule is Cc1ccc(CCC(=O)NCCCc2ncc[nH]2)cc1Cl. The zero-order chi connectivity index (χ0) is 15.1. The van der Waals surface area contributed by atoms with Crippen LogP contribution in [0.25, 0.3) is 0 Å². The molecule has 1 heterocycles. The van der Waals surface area contributed by atoms with Crippen LogP contribution in [0.1, 0.15) is 29.8 Å². The molecule has 0 radical (unpaired) electrons. The zero-order valence-corrected chi connectivity index (χ0v) is 12.9. The molecule has 2 rings (SSSR count). The van der Waals surface area contributed by atoms with Crippen LogP contribution in [-0.4, -0.2) is 22.4 Å². The van der Waals surface area contributed by atoms with E-state index in [0.29, 0.717) is 19.4 Å². The minimum absolute atomic E-state index is 0.0751. The third-order valence-corrected chi connectivity index (χ3v) is 3.75. The van der Waals surface area contributed by atoms with Gasteiger partial charge >= 0.3 is 0 Å². The molecule has 0 atom stereocenters. The van der Waals surface area contributed by atoms with Crippen LogP contribution in [0.5, 0.6) is 0 Å². The van der Waals surface area contributed by atoms with Gasteiger partial charge in [0.1, 0.15) is 5.82 Å². The smallest absolute Gasteiger partial charge is 0.220 e. The Morgan fingerprint density at radius 3 is 2.95 bits per heavy atom. The number of benzene rings is 1. The standard InChI is InChI=1S/C16H20ClN3O/c1-12-4-5-13(11-14(12)17)6-7-16(21)20-8-2-3-15-18-9-10-19-15/h4-5,9-11H,2-3,6-8H2,1H3,(H,18,19)(H,20,21). The number of aryl methyl sites for hydroxylation is 3. The first-order valence-electron chi connectivity index (χ1n) is 7.15. The first-order valence-corrected chi connectivity index (χ1v) is 7.53. The van der Waals surface area contributed by atoms with E-state index in [0.717, 1.165) is 34.8 Å². The molecule has 112 valence electrons. The number of aromatic nitrogens is 2. The van der Waals surface area contributed by atoms with E-state index in [1.54, 1.807) is 12.4 Å².